The first-order valence-electron chi connectivity index (χ1n) is 9.69. The van der Waals surface area contributed by atoms with Crippen LogP contribution in [0.4, 0.5) is 11.5 Å². The molecule has 6 nitrogen and oxygen atoms in total. The number of amides is 1. The highest BCUT2D eigenvalue weighted by atomic mass is 16.2. The minimum Gasteiger partial charge on any atom is -0.370 e. The Labute approximate surface area is 161 Å². The maximum atomic E-state index is 12.9. The molecule has 2 aromatic rings. The molecule has 0 saturated carbocycles. The second-order valence-corrected chi connectivity index (χ2v) is 7.11. The van der Waals surface area contributed by atoms with Crippen LogP contribution >= 0.6 is 0 Å². The third-order valence-electron chi connectivity index (χ3n) is 5.10. The van der Waals surface area contributed by atoms with Gasteiger partial charge in [-0.3, -0.25) is 4.79 Å². The molecular formula is C21H29N5O. The first-order chi connectivity index (χ1) is 13.0. The molecule has 0 spiro atoms. The highest BCUT2D eigenvalue weighted by Gasteiger charge is 2.24. The van der Waals surface area contributed by atoms with E-state index in [0.717, 1.165) is 31.9 Å². The summed E-state index contributed by atoms with van der Waals surface area (Å²) in [5.74, 6) is 1.33. The van der Waals surface area contributed by atoms with E-state index in [0.29, 0.717) is 24.6 Å². The van der Waals surface area contributed by atoms with E-state index in [1.54, 1.807) is 6.07 Å². The number of nitrogens with one attached hydrogen (secondary N) is 1. The van der Waals surface area contributed by atoms with Crippen LogP contribution in [0, 0.1) is 20.8 Å². The first kappa shape index (κ1) is 19.1. The lowest BCUT2D eigenvalue weighted by Crippen LogP contribution is -2.49. The third-order valence-corrected chi connectivity index (χ3v) is 5.10. The maximum Gasteiger partial charge on any atom is 0.272 e. The molecule has 1 aromatic carbocycles. The predicted molar refractivity (Wildman–Crippen MR) is 110 cm³/mol. The normalized spacial score (nSPS) is 14.4. The van der Waals surface area contributed by atoms with E-state index in [1.807, 2.05) is 11.8 Å². The number of nitrogens with zero attached hydrogens (tertiary/aromatic N) is 4. The van der Waals surface area contributed by atoms with Crippen molar-refractivity contribution in [3.8, 4) is 0 Å². The summed E-state index contributed by atoms with van der Waals surface area (Å²) in [4.78, 5) is 25.9. The van der Waals surface area contributed by atoms with E-state index >= 15 is 0 Å². The van der Waals surface area contributed by atoms with Crippen LogP contribution in [0.15, 0.2) is 24.3 Å². The van der Waals surface area contributed by atoms with Crippen LogP contribution in [0.2, 0.25) is 0 Å². The van der Waals surface area contributed by atoms with Crippen molar-refractivity contribution in [2.45, 2.75) is 34.1 Å². The number of benzene rings is 1. The van der Waals surface area contributed by atoms with Gasteiger partial charge >= 0.3 is 0 Å². The smallest absolute Gasteiger partial charge is 0.272 e. The van der Waals surface area contributed by atoms with Gasteiger partial charge in [0.1, 0.15) is 17.3 Å². The summed E-state index contributed by atoms with van der Waals surface area (Å²) < 4.78 is 0. The van der Waals surface area contributed by atoms with E-state index < -0.39 is 0 Å². The van der Waals surface area contributed by atoms with Gasteiger partial charge in [-0.2, -0.15) is 0 Å². The number of aromatic nitrogens is 2. The van der Waals surface area contributed by atoms with Crippen LogP contribution in [0.25, 0.3) is 0 Å². The molecular weight excluding hydrogens is 338 g/mol. The lowest BCUT2D eigenvalue weighted by molar-refractivity contribution is 0.0740. The number of carbonyl (C=O) groups excluding carboxylic acids is 1. The Kier molecular flexibility index (Phi) is 5.94. The molecule has 3 rings (SSSR count). The largest absolute Gasteiger partial charge is 0.370 e. The molecule has 144 valence electrons. The lowest BCUT2D eigenvalue weighted by atomic mass is 10.1. The van der Waals surface area contributed by atoms with Crippen LogP contribution in [0.3, 0.4) is 0 Å². The minimum atomic E-state index is -0.0133. The SMILES string of the molecule is CCCNc1cc(C(=O)N2CCN(c3cccc(C)c3C)CC2)nc(C)n1. The van der Waals surface area contributed by atoms with Crippen LogP contribution in [-0.2, 0) is 0 Å². The van der Waals surface area contributed by atoms with Gasteiger partial charge in [0, 0.05) is 44.5 Å². The Bertz CT molecular complexity index is 812. The number of piperazine rings is 1. The van der Waals surface area contributed by atoms with Gasteiger partial charge in [-0.15, -0.1) is 0 Å². The van der Waals surface area contributed by atoms with Crippen LogP contribution in [0.5, 0.6) is 0 Å². The van der Waals surface area contributed by atoms with Crippen molar-refractivity contribution >= 4 is 17.4 Å². The number of carbonyl (C=O) groups is 1. The van der Waals surface area contributed by atoms with Crippen molar-refractivity contribution in [2.24, 2.45) is 0 Å². The van der Waals surface area contributed by atoms with E-state index in [4.69, 9.17) is 0 Å². The molecule has 0 bridgehead atoms. The Morgan fingerprint density at radius 2 is 1.85 bits per heavy atom. The summed E-state index contributed by atoms with van der Waals surface area (Å²) >= 11 is 0. The zero-order chi connectivity index (χ0) is 19.4. The van der Waals surface area contributed by atoms with Gasteiger partial charge in [0.15, 0.2) is 0 Å². The topological polar surface area (TPSA) is 61.4 Å². The van der Waals surface area contributed by atoms with Crippen LogP contribution in [0.1, 0.15) is 40.8 Å². The van der Waals surface area contributed by atoms with Gasteiger partial charge < -0.3 is 15.1 Å². The summed E-state index contributed by atoms with van der Waals surface area (Å²) in [5.41, 5.74) is 4.36. The van der Waals surface area contributed by atoms with E-state index in [1.165, 1.54) is 16.8 Å². The molecule has 0 aliphatic carbocycles. The number of hydrogen-bond donors (Lipinski definition) is 1. The van der Waals surface area contributed by atoms with Crippen LogP contribution < -0.4 is 10.2 Å². The van der Waals surface area contributed by atoms with Crippen molar-refractivity contribution < 1.29 is 4.79 Å². The zero-order valence-corrected chi connectivity index (χ0v) is 16.7. The van der Waals surface area contributed by atoms with Gasteiger partial charge in [-0.1, -0.05) is 19.1 Å². The van der Waals surface area contributed by atoms with Crippen LogP contribution in [-0.4, -0.2) is 53.5 Å². The Balaban J connectivity index is 1.68. The lowest BCUT2D eigenvalue weighted by Gasteiger charge is -2.37. The maximum absolute atomic E-state index is 12.9. The highest BCUT2D eigenvalue weighted by Crippen LogP contribution is 2.24. The van der Waals surface area contributed by atoms with E-state index in [-0.39, 0.29) is 5.91 Å². The Morgan fingerprint density at radius 3 is 2.56 bits per heavy atom. The average molecular weight is 367 g/mol. The molecule has 1 saturated heterocycles. The summed E-state index contributed by atoms with van der Waals surface area (Å²) in [7, 11) is 0. The summed E-state index contributed by atoms with van der Waals surface area (Å²) in [6, 6.07) is 8.17. The molecule has 0 radical (unpaired) electrons. The molecule has 27 heavy (non-hydrogen) atoms. The molecule has 2 heterocycles. The Morgan fingerprint density at radius 1 is 1.11 bits per heavy atom. The number of aryl methyl sites for hydroxylation is 2. The Hall–Kier alpha value is -2.63. The quantitative estimate of drug-likeness (QED) is 0.879. The van der Waals surface area contributed by atoms with Crippen molar-refractivity contribution in [2.75, 3.05) is 42.9 Å². The van der Waals surface area contributed by atoms with E-state index in [9.17, 15) is 4.79 Å². The van der Waals surface area contributed by atoms with E-state index in [2.05, 4.69) is 59.2 Å². The zero-order valence-electron chi connectivity index (χ0n) is 16.7. The van der Waals surface area contributed by atoms with Gasteiger partial charge in [0.05, 0.1) is 0 Å². The second-order valence-electron chi connectivity index (χ2n) is 7.11. The minimum absolute atomic E-state index is 0.0133. The number of rotatable bonds is 5. The fourth-order valence-electron chi connectivity index (χ4n) is 3.41. The molecule has 1 aliphatic heterocycles. The molecule has 1 aliphatic rings. The summed E-state index contributed by atoms with van der Waals surface area (Å²) in [6.07, 6.45) is 1.01. The van der Waals surface area contributed by atoms with Crippen molar-refractivity contribution in [1.29, 1.82) is 0 Å². The molecule has 6 heteroatoms. The van der Waals surface area contributed by atoms with Crippen molar-refractivity contribution in [1.82, 2.24) is 14.9 Å². The number of anilines is 2. The summed E-state index contributed by atoms with van der Waals surface area (Å²) in [5, 5.41) is 3.24. The fourth-order valence-corrected chi connectivity index (χ4v) is 3.41. The predicted octanol–water partition coefficient (Wildman–Crippen LogP) is 3.19. The summed E-state index contributed by atoms with van der Waals surface area (Å²) in [6.45, 7) is 12.1. The fraction of sp³-hybridized carbons (Fsp3) is 0.476. The second kappa shape index (κ2) is 8.37. The van der Waals surface area contributed by atoms with Crippen molar-refractivity contribution in [3.63, 3.8) is 0 Å². The first-order valence-corrected chi connectivity index (χ1v) is 9.69. The molecule has 1 amide bonds. The van der Waals surface area contributed by atoms with Gasteiger partial charge in [-0.25, -0.2) is 9.97 Å². The molecule has 0 unspecified atom stereocenters. The molecule has 1 N–H and O–H groups in total. The molecule has 1 fully saturated rings. The van der Waals surface area contributed by atoms with Gasteiger partial charge in [0.2, 0.25) is 0 Å². The standard InChI is InChI=1S/C21H29N5O/c1-5-9-22-20-14-18(23-17(4)24-20)21(27)26-12-10-25(11-13-26)19-8-6-7-15(2)16(19)3/h6-8,14H,5,9-13H2,1-4H3,(H,22,23,24). The monoisotopic (exact) mass is 367 g/mol. The highest BCUT2D eigenvalue weighted by molar-refractivity contribution is 5.93. The number of hydrogen-bond acceptors (Lipinski definition) is 5. The van der Waals surface area contributed by atoms with Gasteiger partial charge in [0.25, 0.3) is 5.91 Å². The average Bonchev–Trinajstić information content (AvgIpc) is 2.67. The third kappa shape index (κ3) is 4.38. The molecule has 1 aromatic heterocycles. The van der Waals surface area contributed by atoms with Gasteiger partial charge in [-0.05, 0) is 44.4 Å². The van der Waals surface area contributed by atoms with Crippen molar-refractivity contribution in [3.05, 3.63) is 46.9 Å². The molecule has 0 atom stereocenters.